The predicted molar refractivity (Wildman–Crippen MR) is 78.0 cm³/mol. The van der Waals surface area contributed by atoms with E-state index >= 15 is 0 Å². The Morgan fingerprint density at radius 2 is 2.10 bits per heavy atom. The fraction of sp³-hybridized carbons (Fsp3) is 0.214. The van der Waals surface area contributed by atoms with Crippen molar-refractivity contribution in [1.82, 2.24) is 14.4 Å². The number of rotatable bonds is 3. The van der Waals surface area contributed by atoms with Crippen molar-refractivity contribution in [3.63, 3.8) is 0 Å². The van der Waals surface area contributed by atoms with Crippen LogP contribution in [-0.4, -0.2) is 33.2 Å². The fourth-order valence-corrected chi connectivity index (χ4v) is 3.00. The molecule has 0 spiro atoms. The number of nitrogens with zero attached hydrogens (tertiary/aromatic N) is 3. The van der Waals surface area contributed by atoms with E-state index in [0.29, 0.717) is 5.78 Å². The summed E-state index contributed by atoms with van der Waals surface area (Å²) < 4.78 is 6.66. The first kappa shape index (κ1) is 12.9. The van der Waals surface area contributed by atoms with E-state index in [2.05, 4.69) is 14.7 Å². The second kappa shape index (κ2) is 5.13. The predicted octanol–water partition coefficient (Wildman–Crippen LogP) is 2.46. The molecule has 3 rings (SSSR count). The van der Waals surface area contributed by atoms with E-state index in [1.54, 1.807) is 0 Å². The van der Waals surface area contributed by atoms with Crippen molar-refractivity contribution in [3.05, 3.63) is 36.0 Å². The summed E-state index contributed by atoms with van der Waals surface area (Å²) >= 11 is 1.42. The van der Waals surface area contributed by atoms with E-state index in [4.69, 9.17) is 0 Å². The van der Waals surface area contributed by atoms with Crippen LogP contribution in [0.4, 0.5) is 0 Å². The Balaban J connectivity index is 2.15. The van der Waals surface area contributed by atoms with E-state index in [-0.39, 0.29) is 11.7 Å². The minimum Gasteiger partial charge on any atom is -0.468 e. The average Bonchev–Trinajstić information content (AvgIpc) is 2.81. The number of fused-ring (bicyclic) bond motifs is 3. The lowest BCUT2D eigenvalue weighted by atomic mass is 10.4. The van der Waals surface area contributed by atoms with Crippen LogP contribution in [0.3, 0.4) is 0 Å². The number of aryl methyl sites for hydroxylation is 1. The van der Waals surface area contributed by atoms with Crippen molar-refractivity contribution < 1.29 is 9.53 Å². The quantitative estimate of drug-likeness (QED) is 0.547. The molecule has 0 atom stereocenters. The molecule has 0 N–H and O–H groups in total. The summed E-state index contributed by atoms with van der Waals surface area (Å²) in [7, 11) is 1.39. The van der Waals surface area contributed by atoms with Gasteiger partial charge in [-0.15, -0.1) is 0 Å². The van der Waals surface area contributed by atoms with Crippen molar-refractivity contribution in [2.24, 2.45) is 0 Å². The van der Waals surface area contributed by atoms with Gasteiger partial charge in [0.2, 0.25) is 5.78 Å². The number of aromatic nitrogens is 3. The van der Waals surface area contributed by atoms with E-state index in [1.165, 1.54) is 18.9 Å². The molecule has 2 aromatic heterocycles. The van der Waals surface area contributed by atoms with Crippen LogP contribution in [0.2, 0.25) is 0 Å². The first-order valence-electron chi connectivity index (χ1n) is 6.14. The largest absolute Gasteiger partial charge is 0.468 e. The highest BCUT2D eigenvalue weighted by molar-refractivity contribution is 7.99. The van der Waals surface area contributed by atoms with Gasteiger partial charge in [0.15, 0.2) is 0 Å². The molecule has 102 valence electrons. The number of hydrogen-bond acceptors (Lipinski definition) is 5. The molecule has 0 aliphatic rings. The molecule has 0 aliphatic heterocycles. The molecule has 0 saturated carbocycles. The third kappa shape index (κ3) is 2.12. The molecule has 0 bridgehead atoms. The minimum atomic E-state index is -0.251. The zero-order valence-corrected chi connectivity index (χ0v) is 12.0. The molecule has 1 aromatic carbocycles. The van der Waals surface area contributed by atoms with Gasteiger partial charge in [0.25, 0.3) is 0 Å². The lowest BCUT2D eigenvalue weighted by molar-refractivity contribution is -0.137. The molecule has 0 fully saturated rings. The van der Waals surface area contributed by atoms with Gasteiger partial charge in [-0.05, 0) is 19.1 Å². The zero-order valence-electron chi connectivity index (χ0n) is 11.2. The highest BCUT2D eigenvalue weighted by atomic mass is 32.2. The Kier molecular flexibility index (Phi) is 3.31. The lowest BCUT2D eigenvalue weighted by Crippen LogP contribution is -2.03. The number of thioether (sulfide) groups is 1. The molecule has 6 heteroatoms. The Labute approximate surface area is 120 Å². The minimum absolute atomic E-state index is 0.251. The van der Waals surface area contributed by atoms with E-state index in [0.717, 1.165) is 21.8 Å². The third-order valence-electron chi connectivity index (χ3n) is 2.99. The summed E-state index contributed by atoms with van der Waals surface area (Å²) in [5, 5.41) is 0.930. The van der Waals surface area contributed by atoms with Gasteiger partial charge in [-0.25, -0.2) is 9.97 Å². The summed E-state index contributed by atoms with van der Waals surface area (Å²) in [5.74, 6) is 0.673. The van der Waals surface area contributed by atoms with Crippen LogP contribution in [0.1, 0.15) is 5.69 Å². The number of ether oxygens (including phenoxy) is 1. The summed E-state index contributed by atoms with van der Waals surface area (Å²) in [6.07, 6.45) is 0. The maximum atomic E-state index is 11.3. The van der Waals surface area contributed by atoms with Crippen LogP contribution in [0.5, 0.6) is 0 Å². The van der Waals surface area contributed by atoms with Gasteiger partial charge in [0, 0.05) is 0 Å². The molecule has 20 heavy (non-hydrogen) atoms. The number of carbonyl (C=O) groups is 1. The number of imidazole rings is 2. The van der Waals surface area contributed by atoms with Crippen LogP contribution in [-0.2, 0) is 9.53 Å². The number of carbonyl (C=O) groups excluding carboxylic acids is 1. The van der Waals surface area contributed by atoms with Gasteiger partial charge < -0.3 is 4.74 Å². The van der Waals surface area contributed by atoms with Crippen molar-refractivity contribution in [1.29, 1.82) is 0 Å². The first-order chi connectivity index (χ1) is 9.70. The summed E-state index contributed by atoms with van der Waals surface area (Å²) in [5.41, 5.74) is 2.74. The van der Waals surface area contributed by atoms with Crippen molar-refractivity contribution in [2.45, 2.75) is 11.9 Å². The Bertz CT molecular complexity index is 798. The van der Waals surface area contributed by atoms with E-state index < -0.39 is 0 Å². The smallest absolute Gasteiger partial charge is 0.316 e. The second-order valence-electron chi connectivity index (χ2n) is 4.30. The highest BCUT2D eigenvalue weighted by Gasteiger charge is 2.16. The molecule has 0 amide bonds. The second-order valence-corrected chi connectivity index (χ2v) is 5.26. The van der Waals surface area contributed by atoms with E-state index in [9.17, 15) is 4.79 Å². The highest BCUT2D eigenvalue weighted by Crippen LogP contribution is 2.27. The molecule has 0 saturated heterocycles. The molecular formula is C14H13N3O2S. The Morgan fingerprint density at radius 3 is 2.90 bits per heavy atom. The maximum Gasteiger partial charge on any atom is 0.316 e. The number of hydrogen-bond donors (Lipinski definition) is 0. The topological polar surface area (TPSA) is 56.5 Å². The standard InChI is InChI=1S/C14H13N3O2S/c1-9-13(20-8-12(18)19-2)17-11-7-5-3-4-6-10(11)16-14(17)15-9/h3-7H,8H2,1-2H3. The van der Waals surface area contributed by atoms with Gasteiger partial charge >= 0.3 is 5.97 Å². The van der Waals surface area contributed by atoms with Crippen molar-refractivity contribution >= 4 is 34.5 Å². The Hall–Kier alpha value is -2.08. The molecule has 0 radical (unpaired) electrons. The van der Waals surface area contributed by atoms with E-state index in [1.807, 2.05) is 41.7 Å². The van der Waals surface area contributed by atoms with Gasteiger partial charge in [-0.1, -0.05) is 30.0 Å². The summed E-state index contributed by atoms with van der Waals surface area (Å²) in [4.78, 5) is 20.3. The van der Waals surface area contributed by atoms with Crippen LogP contribution in [0, 0.1) is 6.92 Å². The van der Waals surface area contributed by atoms with Gasteiger partial charge in [-0.2, -0.15) is 0 Å². The molecule has 3 aromatic rings. The zero-order chi connectivity index (χ0) is 14.1. The van der Waals surface area contributed by atoms with Crippen LogP contribution < -0.4 is 0 Å². The van der Waals surface area contributed by atoms with Crippen molar-refractivity contribution in [2.75, 3.05) is 12.9 Å². The van der Waals surface area contributed by atoms with Gasteiger partial charge in [0.05, 0.1) is 29.6 Å². The number of methoxy groups -OCH3 is 1. The molecule has 0 aliphatic carbocycles. The lowest BCUT2D eigenvalue weighted by Gasteiger charge is -2.01. The SMILES string of the molecule is COC(=O)CSc1c(C)nc2nc3cccccc3n12. The van der Waals surface area contributed by atoms with Gasteiger partial charge in [0.1, 0.15) is 5.03 Å². The van der Waals surface area contributed by atoms with Gasteiger partial charge in [-0.3, -0.25) is 9.20 Å². The molecule has 0 unspecified atom stereocenters. The van der Waals surface area contributed by atoms with Crippen LogP contribution in [0.25, 0.3) is 16.8 Å². The summed E-state index contributed by atoms with van der Waals surface area (Å²) in [6, 6.07) is 9.82. The first-order valence-corrected chi connectivity index (χ1v) is 7.12. The molecule has 5 nitrogen and oxygen atoms in total. The monoisotopic (exact) mass is 287 g/mol. The molecule has 2 heterocycles. The maximum absolute atomic E-state index is 11.3. The normalized spacial score (nSPS) is 11.1. The van der Waals surface area contributed by atoms with Crippen LogP contribution >= 0.6 is 11.8 Å². The van der Waals surface area contributed by atoms with Crippen LogP contribution in [0.15, 0.2) is 35.4 Å². The fourth-order valence-electron chi connectivity index (χ4n) is 2.07. The third-order valence-corrected chi connectivity index (χ3v) is 4.12. The number of esters is 1. The average molecular weight is 287 g/mol. The molecular weight excluding hydrogens is 274 g/mol. The summed E-state index contributed by atoms with van der Waals surface area (Å²) in [6.45, 7) is 1.92. The van der Waals surface area contributed by atoms with Crippen molar-refractivity contribution in [3.8, 4) is 0 Å². The Morgan fingerprint density at radius 1 is 1.30 bits per heavy atom.